The van der Waals surface area contributed by atoms with Gasteiger partial charge in [0.1, 0.15) is 11.3 Å². The van der Waals surface area contributed by atoms with Gasteiger partial charge < -0.3 is 4.42 Å². The molecular formula is C18H13ClN2O. The zero-order valence-corrected chi connectivity index (χ0v) is 12.5. The zero-order valence-electron chi connectivity index (χ0n) is 11.7. The summed E-state index contributed by atoms with van der Waals surface area (Å²) in [4.78, 5) is 0. The molecule has 4 heteroatoms. The van der Waals surface area contributed by atoms with Gasteiger partial charge in [0.15, 0.2) is 5.76 Å². The predicted octanol–water partition coefficient (Wildman–Crippen LogP) is 5.00. The maximum Gasteiger partial charge on any atom is 0.155 e. The lowest BCUT2D eigenvalue weighted by Gasteiger charge is -2.01. The van der Waals surface area contributed by atoms with Crippen LogP contribution in [0.3, 0.4) is 0 Å². The van der Waals surface area contributed by atoms with Gasteiger partial charge in [0.25, 0.3) is 0 Å². The molecule has 0 radical (unpaired) electrons. The van der Waals surface area contributed by atoms with Crippen LogP contribution in [0.4, 0.5) is 0 Å². The second-order valence-corrected chi connectivity index (χ2v) is 5.61. The second kappa shape index (κ2) is 5.35. The van der Waals surface area contributed by atoms with Crippen molar-refractivity contribution >= 4 is 22.6 Å². The van der Waals surface area contributed by atoms with Crippen molar-refractivity contribution in [3.8, 4) is 11.5 Å². The van der Waals surface area contributed by atoms with Crippen molar-refractivity contribution in [1.29, 1.82) is 0 Å². The van der Waals surface area contributed by atoms with Crippen molar-refractivity contribution in [3.05, 3.63) is 77.4 Å². The number of benzene rings is 2. The third-order valence-electron chi connectivity index (χ3n) is 3.58. The average Bonchev–Trinajstić information content (AvgIpc) is 3.15. The summed E-state index contributed by atoms with van der Waals surface area (Å²) in [6, 6.07) is 19.7. The van der Waals surface area contributed by atoms with Crippen LogP contribution in [0.5, 0.6) is 0 Å². The van der Waals surface area contributed by atoms with Gasteiger partial charge in [-0.15, -0.1) is 0 Å². The fourth-order valence-electron chi connectivity index (χ4n) is 2.47. The van der Waals surface area contributed by atoms with Crippen LogP contribution in [0, 0.1) is 0 Å². The Morgan fingerprint density at radius 3 is 2.64 bits per heavy atom. The molecule has 0 atom stereocenters. The van der Waals surface area contributed by atoms with E-state index in [1.54, 1.807) is 0 Å². The Hall–Kier alpha value is -2.52. The normalized spacial score (nSPS) is 11.1. The van der Waals surface area contributed by atoms with Gasteiger partial charge in [-0.3, -0.25) is 4.68 Å². The highest BCUT2D eigenvalue weighted by atomic mass is 35.5. The first-order valence-electron chi connectivity index (χ1n) is 7.05. The Morgan fingerprint density at radius 2 is 1.82 bits per heavy atom. The molecule has 0 N–H and O–H groups in total. The number of nitrogens with zero attached hydrogens (tertiary/aromatic N) is 2. The minimum atomic E-state index is 0.706. The molecule has 0 unspecified atom stereocenters. The fourth-order valence-corrected chi connectivity index (χ4v) is 2.59. The van der Waals surface area contributed by atoms with E-state index in [0.29, 0.717) is 6.54 Å². The van der Waals surface area contributed by atoms with Crippen LogP contribution < -0.4 is 0 Å². The molecule has 2 heterocycles. The van der Waals surface area contributed by atoms with E-state index in [4.69, 9.17) is 16.0 Å². The zero-order chi connectivity index (χ0) is 14.9. The van der Waals surface area contributed by atoms with E-state index in [1.807, 2.05) is 71.5 Å². The van der Waals surface area contributed by atoms with E-state index in [9.17, 15) is 0 Å². The minimum absolute atomic E-state index is 0.706. The second-order valence-electron chi connectivity index (χ2n) is 5.17. The Morgan fingerprint density at radius 1 is 1.00 bits per heavy atom. The lowest BCUT2D eigenvalue weighted by atomic mass is 10.2. The highest BCUT2D eigenvalue weighted by Gasteiger charge is 2.09. The molecule has 4 aromatic rings. The van der Waals surface area contributed by atoms with E-state index >= 15 is 0 Å². The monoisotopic (exact) mass is 308 g/mol. The van der Waals surface area contributed by atoms with Crippen LogP contribution >= 0.6 is 11.6 Å². The minimum Gasteiger partial charge on any atom is -0.454 e. The highest BCUT2D eigenvalue weighted by Crippen LogP contribution is 2.26. The maximum absolute atomic E-state index is 5.90. The number of fused-ring (bicyclic) bond motifs is 1. The Balaban J connectivity index is 1.61. The third kappa shape index (κ3) is 2.51. The van der Waals surface area contributed by atoms with Gasteiger partial charge >= 0.3 is 0 Å². The molecule has 2 aromatic heterocycles. The van der Waals surface area contributed by atoms with E-state index in [0.717, 1.165) is 33.0 Å². The SMILES string of the molecule is Clc1ccc(Cn2ccc(-c3cc4ccccc4o3)n2)cc1. The molecule has 2 aromatic carbocycles. The van der Waals surface area contributed by atoms with Gasteiger partial charge in [-0.05, 0) is 35.9 Å². The van der Waals surface area contributed by atoms with Crippen molar-refractivity contribution in [2.24, 2.45) is 0 Å². The van der Waals surface area contributed by atoms with Crippen LogP contribution in [0.15, 0.2) is 71.3 Å². The van der Waals surface area contributed by atoms with Crippen LogP contribution in [-0.2, 0) is 6.54 Å². The molecule has 22 heavy (non-hydrogen) atoms. The fraction of sp³-hybridized carbons (Fsp3) is 0.0556. The summed E-state index contributed by atoms with van der Waals surface area (Å²) in [5.41, 5.74) is 2.87. The lowest BCUT2D eigenvalue weighted by molar-refractivity contribution is 0.621. The molecule has 4 rings (SSSR count). The van der Waals surface area contributed by atoms with Crippen molar-refractivity contribution in [2.45, 2.75) is 6.54 Å². The molecule has 0 aliphatic carbocycles. The Bertz CT molecular complexity index is 889. The van der Waals surface area contributed by atoms with Crippen LogP contribution in [0.25, 0.3) is 22.4 Å². The van der Waals surface area contributed by atoms with Gasteiger partial charge in [-0.1, -0.05) is 41.9 Å². The van der Waals surface area contributed by atoms with Crippen molar-refractivity contribution in [3.63, 3.8) is 0 Å². The largest absolute Gasteiger partial charge is 0.454 e. The summed E-state index contributed by atoms with van der Waals surface area (Å²) in [6.07, 6.45) is 1.96. The van der Waals surface area contributed by atoms with Crippen molar-refractivity contribution in [2.75, 3.05) is 0 Å². The molecule has 0 spiro atoms. The summed E-state index contributed by atoms with van der Waals surface area (Å²) < 4.78 is 7.73. The molecule has 0 fully saturated rings. The number of halogens is 1. The smallest absolute Gasteiger partial charge is 0.155 e. The highest BCUT2D eigenvalue weighted by molar-refractivity contribution is 6.30. The standard InChI is InChI=1S/C18H13ClN2O/c19-15-7-5-13(6-8-15)12-21-10-9-16(20-21)18-11-14-3-1-2-4-17(14)22-18/h1-11H,12H2. The van der Waals surface area contributed by atoms with Crippen molar-refractivity contribution < 1.29 is 4.42 Å². The van der Waals surface area contributed by atoms with Gasteiger partial charge in [-0.2, -0.15) is 5.10 Å². The number of furan rings is 1. The number of rotatable bonds is 3. The number of hydrogen-bond acceptors (Lipinski definition) is 2. The summed E-state index contributed by atoms with van der Waals surface area (Å²) in [5.74, 6) is 0.788. The van der Waals surface area contributed by atoms with Crippen LogP contribution in [0.2, 0.25) is 5.02 Å². The molecule has 0 aliphatic rings. The number of hydrogen-bond donors (Lipinski definition) is 0. The third-order valence-corrected chi connectivity index (χ3v) is 3.83. The topological polar surface area (TPSA) is 31.0 Å². The summed E-state index contributed by atoms with van der Waals surface area (Å²) in [5, 5.41) is 6.41. The summed E-state index contributed by atoms with van der Waals surface area (Å²) in [7, 11) is 0. The summed E-state index contributed by atoms with van der Waals surface area (Å²) in [6.45, 7) is 0.706. The molecule has 3 nitrogen and oxygen atoms in total. The van der Waals surface area contributed by atoms with Crippen LogP contribution in [-0.4, -0.2) is 9.78 Å². The van der Waals surface area contributed by atoms with E-state index in [2.05, 4.69) is 5.10 Å². The number of aromatic nitrogens is 2. The van der Waals surface area contributed by atoms with Gasteiger partial charge in [-0.25, -0.2) is 0 Å². The molecule has 0 saturated heterocycles. The van der Waals surface area contributed by atoms with E-state index < -0.39 is 0 Å². The van der Waals surface area contributed by atoms with E-state index in [-0.39, 0.29) is 0 Å². The molecule has 108 valence electrons. The average molecular weight is 309 g/mol. The Labute approximate surface area is 132 Å². The van der Waals surface area contributed by atoms with Gasteiger partial charge in [0.2, 0.25) is 0 Å². The molecule has 0 bridgehead atoms. The predicted molar refractivity (Wildman–Crippen MR) is 88.0 cm³/mol. The quantitative estimate of drug-likeness (QED) is 0.533. The van der Waals surface area contributed by atoms with Crippen molar-refractivity contribution in [1.82, 2.24) is 9.78 Å². The molecule has 0 aliphatic heterocycles. The van der Waals surface area contributed by atoms with Gasteiger partial charge in [0, 0.05) is 16.6 Å². The van der Waals surface area contributed by atoms with Crippen LogP contribution in [0.1, 0.15) is 5.56 Å². The molecular weight excluding hydrogens is 296 g/mol. The molecule has 0 amide bonds. The van der Waals surface area contributed by atoms with E-state index in [1.165, 1.54) is 0 Å². The first kappa shape index (κ1) is 13.2. The number of para-hydroxylation sites is 1. The molecule has 0 saturated carbocycles. The summed E-state index contributed by atoms with van der Waals surface area (Å²) >= 11 is 5.90. The first-order valence-corrected chi connectivity index (χ1v) is 7.42. The van der Waals surface area contributed by atoms with Gasteiger partial charge in [0.05, 0.1) is 6.54 Å². The lowest BCUT2D eigenvalue weighted by Crippen LogP contribution is -1.99. The first-order chi connectivity index (χ1) is 10.8. The maximum atomic E-state index is 5.90. The Kier molecular flexibility index (Phi) is 3.20.